The lowest BCUT2D eigenvalue weighted by molar-refractivity contribution is -0.148. The number of carbonyl (C=O) groups is 1. The van der Waals surface area contributed by atoms with E-state index in [1.54, 1.807) is 7.11 Å². The average Bonchev–Trinajstić information content (AvgIpc) is 2.63. The monoisotopic (exact) mass is 196 g/mol. The van der Waals surface area contributed by atoms with Gasteiger partial charge in [-0.25, -0.2) is 0 Å². The Morgan fingerprint density at radius 2 is 2.21 bits per heavy atom. The maximum Gasteiger partial charge on any atom is 0.309 e. The molecule has 14 heavy (non-hydrogen) atoms. The number of esters is 1. The van der Waals surface area contributed by atoms with Crippen LogP contribution < -0.4 is 0 Å². The second kappa shape index (κ2) is 2.96. The molecular weight excluding hydrogens is 180 g/mol. The second-order valence-corrected chi connectivity index (χ2v) is 4.83. The number of carbonyl (C=O) groups excluding carboxylic acids is 1. The van der Waals surface area contributed by atoms with Crippen molar-refractivity contribution in [2.24, 2.45) is 23.7 Å². The Hall–Kier alpha value is -0.570. The first-order chi connectivity index (χ1) is 6.81. The molecule has 3 saturated carbocycles. The largest absolute Gasteiger partial charge is 0.465 e. The fourth-order valence-corrected chi connectivity index (χ4v) is 3.73. The molecule has 0 radical (unpaired) electrons. The third-order valence-corrected chi connectivity index (χ3v) is 4.40. The lowest BCUT2D eigenvalue weighted by Gasteiger charge is -2.47. The predicted molar refractivity (Wildman–Crippen MR) is 49.6 cm³/mol. The summed E-state index contributed by atoms with van der Waals surface area (Å²) in [4.78, 5) is 11.6. The van der Waals surface area contributed by atoms with Gasteiger partial charge in [0.2, 0.25) is 0 Å². The minimum absolute atomic E-state index is 0.0338. The van der Waals surface area contributed by atoms with Gasteiger partial charge in [0.05, 0.1) is 18.6 Å². The van der Waals surface area contributed by atoms with E-state index in [2.05, 4.69) is 0 Å². The van der Waals surface area contributed by atoms with E-state index < -0.39 is 0 Å². The topological polar surface area (TPSA) is 35.5 Å². The van der Waals surface area contributed by atoms with Gasteiger partial charge in [-0.3, -0.25) is 4.79 Å². The molecule has 1 saturated heterocycles. The molecule has 3 heteroatoms. The Balaban J connectivity index is 1.91. The van der Waals surface area contributed by atoms with Crippen LogP contribution in [0.1, 0.15) is 19.3 Å². The number of rotatable bonds is 1. The molecule has 3 nitrogen and oxygen atoms in total. The van der Waals surface area contributed by atoms with Crippen molar-refractivity contribution in [2.45, 2.75) is 25.4 Å². The Morgan fingerprint density at radius 3 is 3.00 bits per heavy atom. The summed E-state index contributed by atoms with van der Waals surface area (Å²) in [5, 5.41) is 0. The summed E-state index contributed by atoms with van der Waals surface area (Å²) in [5.41, 5.74) is 0. The molecule has 4 rings (SSSR count). The van der Waals surface area contributed by atoms with Crippen molar-refractivity contribution >= 4 is 5.97 Å². The van der Waals surface area contributed by atoms with Crippen LogP contribution in [-0.4, -0.2) is 25.8 Å². The molecule has 0 N–H and O–H groups in total. The van der Waals surface area contributed by atoms with Crippen molar-refractivity contribution in [3.05, 3.63) is 0 Å². The third-order valence-electron chi connectivity index (χ3n) is 4.40. The summed E-state index contributed by atoms with van der Waals surface area (Å²) in [6.07, 6.45) is 3.86. The normalized spacial score (nSPS) is 50.4. The van der Waals surface area contributed by atoms with Crippen LogP contribution in [0.3, 0.4) is 0 Å². The molecule has 1 aliphatic heterocycles. The van der Waals surface area contributed by atoms with Crippen molar-refractivity contribution in [1.82, 2.24) is 0 Å². The minimum Gasteiger partial charge on any atom is -0.465 e. The molecule has 0 aromatic heterocycles. The number of methoxy groups -OCH3 is 1. The molecule has 78 valence electrons. The molecule has 4 fully saturated rings. The van der Waals surface area contributed by atoms with Crippen LogP contribution in [-0.2, 0) is 14.3 Å². The smallest absolute Gasteiger partial charge is 0.309 e. The molecule has 4 aliphatic rings. The summed E-state index contributed by atoms with van der Waals surface area (Å²) in [6, 6.07) is 0. The average molecular weight is 196 g/mol. The van der Waals surface area contributed by atoms with E-state index in [1.165, 1.54) is 6.42 Å². The van der Waals surface area contributed by atoms with Gasteiger partial charge < -0.3 is 9.47 Å². The van der Waals surface area contributed by atoms with Gasteiger partial charge in [-0.15, -0.1) is 0 Å². The van der Waals surface area contributed by atoms with E-state index in [1.807, 2.05) is 0 Å². The lowest BCUT2D eigenvalue weighted by atomic mass is 9.58. The summed E-state index contributed by atoms with van der Waals surface area (Å²) in [7, 11) is 1.76. The molecule has 0 aromatic carbocycles. The van der Waals surface area contributed by atoms with Crippen LogP contribution in [0.5, 0.6) is 0 Å². The van der Waals surface area contributed by atoms with Crippen LogP contribution in [0, 0.1) is 23.7 Å². The number of hydrogen-bond donors (Lipinski definition) is 0. The summed E-state index contributed by atoms with van der Waals surface area (Å²) in [6.45, 7) is 0.668. The SMILES string of the molecule is COC1CC2CCC1C1C(=O)OCC21. The zero-order valence-corrected chi connectivity index (χ0v) is 8.44. The zero-order chi connectivity index (χ0) is 9.71. The Labute approximate surface area is 83.8 Å². The maximum absolute atomic E-state index is 11.6. The van der Waals surface area contributed by atoms with Gasteiger partial charge in [0.25, 0.3) is 0 Å². The van der Waals surface area contributed by atoms with Gasteiger partial charge in [-0.1, -0.05) is 0 Å². The number of cyclic esters (lactones) is 1. The fourth-order valence-electron chi connectivity index (χ4n) is 3.73. The van der Waals surface area contributed by atoms with Crippen molar-refractivity contribution in [3.8, 4) is 0 Å². The second-order valence-electron chi connectivity index (χ2n) is 4.83. The predicted octanol–water partition coefficient (Wildman–Crippen LogP) is 1.22. The van der Waals surface area contributed by atoms with Crippen molar-refractivity contribution < 1.29 is 14.3 Å². The summed E-state index contributed by atoms with van der Waals surface area (Å²) in [5.74, 6) is 1.80. The van der Waals surface area contributed by atoms with Crippen LogP contribution in [0.2, 0.25) is 0 Å². The molecule has 5 unspecified atom stereocenters. The summed E-state index contributed by atoms with van der Waals surface area (Å²) < 4.78 is 10.7. The van der Waals surface area contributed by atoms with Crippen LogP contribution >= 0.6 is 0 Å². The van der Waals surface area contributed by atoms with Gasteiger partial charge in [0.1, 0.15) is 0 Å². The molecular formula is C11H16O3. The molecule has 5 atom stereocenters. The van der Waals surface area contributed by atoms with E-state index in [-0.39, 0.29) is 11.9 Å². The quantitative estimate of drug-likeness (QED) is 0.591. The van der Waals surface area contributed by atoms with Crippen molar-refractivity contribution in [2.75, 3.05) is 13.7 Å². The Kier molecular flexibility index (Phi) is 1.84. The third kappa shape index (κ3) is 0.991. The first-order valence-corrected chi connectivity index (χ1v) is 5.50. The van der Waals surface area contributed by atoms with Gasteiger partial charge >= 0.3 is 5.97 Å². The highest BCUT2D eigenvalue weighted by molar-refractivity contribution is 5.75. The van der Waals surface area contributed by atoms with E-state index in [9.17, 15) is 4.79 Å². The van der Waals surface area contributed by atoms with E-state index in [0.29, 0.717) is 30.5 Å². The first-order valence-electron chi connectivity index (χ1n) is 5.50. The van der Waals surface area contributed by atoms with E-state index in [0.717, 1.165) is 12.8 Å². The fraction of sp³-hybridized carbons (Fsp3) is 0.909. The molecule has 0 amide bonds. The van der Waals surface area contributed by atoms with Crippen LogP contribution in [0.4, 0.5) is 0 Å². The van der Waals surface area contributed by atoms with E-state index in [4.69, 9.17) is 9.47 Å². The number of ether oxygens (including phenoxy) is 2. The standard InChI is InChI=1S/C11H16O3/c1-13-9-4-6-2-3-7(9)10-8(6)5-14-11(10)12/h6-10H,2-5H2,1H3. The van der Waals surface area contributed by atoms with E-state index >= 15 is 0 Å². The van der Waals surface area contributed by atoms with Crippen LogP contribution in [0.15, 0.2) is 0 Å². The maximum atomic E-state index is 11.6. The zero-order valence-electron chi connectivity index (χ0n) is 8.44. The molecule has 0 aromatic rings. The Morgan fingerprint density at radius 1 is 1.36 bits per heavy atom. The lowest BCUT2D eigenvalue weighted by Crippen LogP contribution is -2.48. The van der Waals surface area contributed by atoms with Gasteiger partial charge in [0.15, 0.2) is 0 Å². The van der Waals surface area contributed by atoms with Crippen LogP contribution in [0.25, 0.3) is 0 Å². The first kappa shape index (κ1) is 8.72. The molecule has 3 aliphatic carbocycles. The van der Waals surface area contributed by atoms with Crippen molar-refractivity contribution in [1.29, 1.82) is 0 Å². The molecule has 0 spiro atoms. The Bertz CT molecular complexity index is 263. The number of fused-ring (bicyclic) bond motifs is 2. The number of hydrogen-bond acceptors (Lipinski definition) is 3. The van der Waals surface area contributed by atoms with Crippen molar-refractivity contribution in [3.63, 3.8) is 0 Å². The highest BCUT2D eigenvalue weighted by Gasteiger charge is 2.55. The molecule has 2 bridgehead atoms. The highest BCUT2D eigenvalue weighted by Crippen LogP contribution is 2.52. The van der Waals surface area contributed by atoms with Gasteiger partial charge in [0, 0.05) is 13.0 Å². The van der Waals surface area contributed by atoms with Gasteiger partial charge in [-0.2, -0.15) is 0 Å². The minimum atomic E-state index is 0.0338. The summed E-state index contributed by atoms with van der Waals surface area (Å²) >= 11 is 0. The highest BCUT2D eigenvalue weighted by atomic mass is 16.5. The molecule has 1 heterocycles. The van der Waals surface area contributed by atoms with Gasteiger partial charge in [-0.05, 0) is 31.1 Å².